The Morgan fingerprint density at radius 2 is 1.94 bits per heavy atom. The summed E-state index contributed by atoms with van der Waals surface area (Å²) in [5, 5.41) is 12.3. The summed E-state index contributed by atoms with van der Waals surface area (Å²) in [6.45, 7) is 3.96. The van der Waals surface area contributed by atoms with Gasteiger partial charge in [-0.05, 0) is 30.3 Å². The van der Waals surface area contributed by atoms with Crippen LogP contribution in [0.5, 0.6) is 0 Å². The van der Waals surface area contributed by atoms with Gasteiger partial charge in [0, 0.05) is 48.4 Å². The molecule has 0 atom stereocenters. The number of carbonyl (C=O) groups is 1. The van der Waals surface area contributed by atoms with Crippen LogP contribution < -0.4 is 4.90 Å². The highest BCUT2D eigenvalue weighted by Crippen LogP contribution is 2.33. The molecule has 1 amide bonds. The summed E-state index contributed by atoms with van der Waals surface area (Å²) in [5.41, 5.74) is 0.615. The van der Waals surface area contributed by atoms with Crippen molar-refractivity contribution in [3.63, 3.8) is 0 Å². The predicted molar refractivity (Wildman–Crippen MR) is 134 cm³/mol. The van der Waals surface area contributed by atoms with E-state index in [1.165, 1.54) is 46.9 Å². The number of ether oxygens (including phenoxy) is 1. The normalized spacial score (nSPS) is 14.3. The topological polar surface area (TPSA) is 88.8 Å². The summed E-state index contributed by atoms with van der Waals surface area (Å²) in [7, 11) is 0. The van der Waals surface area contributed by atoms with E-state index < -0.39 is 4.92 Å². The number of thiophene rings is 1. The second-order valence-electron chi connectivity index (χ2n) is 7.61. The molecule has 0 unspecified atom stereocenters. The second-order valence-corrected chi connectivity index (χ2v) is 9.70. The predicted octanol–water partition coefficient (Wildman–Crippen LogP) is 4.96. The Morgan fingerprint density at radius 1 is 1.15 bits per heavy atom. The van der Waals surface area contributed by atoms with E-state index in [9.17, 15) is 19.3 Å². The molecule has 0 N–H and O–H groups in total. The number of halogens is 2. The van der Waals surface area contributed by atoms with E-state index in [4.69, 9.17) is 4.74 Å². The molecule has 178 valence electrons. The van der Waals surface area contributed by atoms with Crippen LogP contribution in [0.2, 0.25) is 0 Å². The van der Waals surface area contributed by atoms with E-state index in [0.29, 0.717) is 51.9 Å². The van der Waals surface area contributed by atoms with Gasteiger partial charge in [0.05, 0.1) is 33.2 Å². The number of amides is 1. The molecule has 0 saturated carbocycles. The van der Waals surface area contributed by atoms with Crippen LogP contribution in [0.25, 0.3) is 20.3 Å². The third kappa shape index (κ3) is 5.03. The number of nitrogens with zero attached hydrogens (tertiary/aromatic N) is 4. The van der Waals surface area contributed by atoms with Crippen molar-refractivity contribution in [1.82, 2.24) is 9.88 Å². The first-order valence-electron chi connectivity index (χ1n) is 10.3. The van der Waals surface area contributed by atoms with Crippen LogP contribution >= 0.6 is 35.1 Å². The molecule has 0 radical (unpaired) electrons. The Labute approximate surface area is 208 Å². The molecular weight excluding hydrogens is 503 g/mol. The number of fused-ring (bicyclic) bond motifs is 2. The fraction of sp³-hybridized carbons (Fsp3) is 0.273. The molecule has 8 nitrogen and oxygen atoms in total. The number of rotatable bonds is 6. The molecule has 0 aliphatic carbocycles. The molecular formula is C22H20ClFN4O4S2. The van der Waals surface area contributed by atoms with Crippen LogP contribution in [0.1, 0.15) is 9.67 Å². The van der Waals surface area contributed by atoms with E-state index in [2.05, 4.69) is 9.88 Å². The average Bonchev–Trinajstić information content (AvgIpc) is 3.43. The van der Waals surface area contributed by atoms with Gasteiger partial charge in [-0.2, -0.15) is 0 Å². The highest BCUT2D eigenvalue weighted by molar-refractivity contribution is 7.23. The van der Waals surface area contributed by atoms with Gasteiger partial charge in [0.2, 0.25) is 0 Å². The van der Waals surface area contributed by atoms with Crippen molar-refractivity contribution in [3.05, 3.63) is 63.3 Å². The van der Waals surface area contributed by atoms with Crippen LogP contribution in [0.4, 0.5) is 15.2 Å². The van der Waals surface area contributed by atoms with E-state index in [1.54, 1.807) is 23.1 Å². The number of benzene rings is 2. The van der Waals surface area contributed by atoms with Gasteiger partial charge in [0.15, 0.2) is 5.13 Å². The minimum atomic E-state index is -0.451. The van der Waals surface area contributed by atoms with Crippen molar-refractivity contribution in [2.24, 2.45) is 0 Å². The number of nitro benzene ring substituents is 1. The zero-order valence-corrected chi connectivity index (χ0v) is 20.3. The maximum atomic E-state index is 13.7. The molecule has 3 heterocycles. The van der Waals surface area contributed by atoms with Gasteiger partial charge in [-0.3, -0.25) is 24.7 Å². The number of morpholine rings is 1. The number of hydrogen-bond donors (Lipinski definition) is 0. The minimum Gasteiger partial charge on any atom is -0.379 e. The molecule has 1 saturated heterocycles. The Bertz CT molecular complexity index is 1360. The SMILES string of the molecule is Cl.O=C(c1cc2cc([N+](=O)[O-])ccc2s1)N(CCN1CCOCC1)c1nc2ccc(F)cc2s1. The molecule has 12 heteroatoms. The first-order valence-corrected chi connectivity index (χ1v) is 12.0. The number of aromatic nitrogens is 1. The maximum absolute atomic E-state index is 13.7. The van der Waals surface area contributed by atoms with Gasteiger partial charge in [0.1, 0.15) is 5.82 Å². The van der Waals surface area contributed by atoms with Crippen molar-refractivity contribution < 1.29 is 18.8 Å². The fourth-order valence-corrected chi connectivity index (χ4v) is 5.74. The number of thiazole rings is 1. The Morgan fingerprint density at radius 3 is 2.71 bits per heavy atom. The van der Waals surface area contributed by atoms with Crippen molar-refractivity contribution >= 4 is 72.1 Å². The van der Waals surface area contributed by atoms with Gasteiger partial charge in [-0.25, -0.2) is 9.37 Å². The monoisotopic (exact) mass is 522 g/mol. The van der Waals surface area contributed by atoms with E-state index in [1.807, 2.05) is 0 Å². The third-order valence-corrected chi connectivity index (χ3v) is 7.63. The van der Waals surface area contributed by atoms with E-state index >= 15 is 0 Å². The number of non-ortho nitro benzene ring substituents is 1. The Balaban J connectivity index is 0.00000274. The van der Waals surface area contributed by atoms with E-state index in [-0.39, 0.29) is 29.8 Å². The lowest BCUT2D eigenvalue weighted by molar-refractivity contribution is -0.384. The zero-order valence-electron chi connectivity index (χ0n) is 17.8. The molecule has 1 aliphatic heterocycles. The molecule has 0 spiro atoms. The molecule has 2 aromatic heterocycles. The van der Waals surface area contributed by atoms with Crippen LogP contribution in [-0.4, -0.2) is 60.1 Å². The number of nitro groups is 1. The summed E-state index contributed by atoms with van der Waals surface area (Å²) in [4.78, 5) is 33.2. The molecule has 1 aliphatic rings. The summed E-state index contributed by atoms with van der Waals surface area (Å²) >= 11 is 2.56. The highest BCUT2D eigenvalue weighted by Gasteiger charge is 2.25. The maximum Gasteiger partial charge on any atom is 0.270 e. The molecule has 0 bridgehead atoms. The number of carbonyl (C=O) groups excluding carboxylic acids is 1. The quantitative estimate of drug-likeness (QED) is 0.263. The average molecular weight is 523 g/mol. The second kappa shape index (κ2) is 10.3. The molecule has 5 rings (SSSR count). The largest absolute Gasteiger partial charge is 0.379 e. The lowest BCUT2D eigenvalue weighted by Gasteiger charge is -2.29. The standard InChI is InChI=1S/C22H19FN4O4S2.ClH/c23-15-1-3-17-19(13-15)33-22(24-17)26(6-5-25-7-9-31-10-8-25)21(28)20-12-14-11-16(27(29)30)2-4-18(14)32-20;/h1-4,11-13H,5-10H2;1H. The van der Waals surface area contributed by atoms with Crippen molar-refractivity contribution in [2.45, 2.75) is 0 Å². The van der Waals surface area contributed by atoms with Crippen LogP contribution in [0.3, 0.4) is 0 Å². The summed E-state index contributed by atoms with van der Waals surface area (Å²) < 4.78 is 20.6. The lowest BCUT2D eigenvalue weighted by atomic mass is 10.2. The molecule has 4 aromatic rings. The van der Waals surface area contributed by atoms with Crippen molar-refractivity contribution in [2.75, 3.05) is 44.3 Å². The number of hydrogen-bond acceptors (Lipinski definition) is 8. The van der Waals surface area contributed by atoms with E-state index in [0.717, 1.165) is 17.8 Å². The van der Waals surface area contributed by atoms with Gasteiger partial charge >= 0.3 is 0 Å². The van der Waals surface area contributed by atoms with Crippen LogP contribution in [0, 0.1) is 15.9 Å². The van der Waals surface area contributed by atoms with Gasteiger partial charge < -0.3 is 4.74 Å². The summed E-state index contributed by atoms with van der Waals surface area (Å²) in [6, 6.07) is 10.6. The minimum absolute atomic E-state index is 0. The first kappa shape index (κ1) is 24.4. The smallest absolute Gasteiger partial charge is 0.270 e. The van der Waals surface area contributed by atoms with Crippen LogP contribution in [-0.2, 0) is 4.74 Å². The molecule has 34 heavy (non-hydrogen) atoms. The van der Waals surface area contributed by atoms with Crippen molar-refractivity contribution in [1.29, 1.82) is 0 Å². The highest BCUT2D eigenvalue weighted by atomic mass is 35.5. The Hall–Kier alpha value is -2.70. The van der Waals surface area contributed by atoms with Gasteiger partial charge in [-0.15, -0.1) is 23.7 Å². The van der Waals surface area contributed by atoms with Crippen LogP contribution in [0.15, 0.2) is 42.5 Å². The first-order chi connectivity index (χ1) is 16.0. The van der Waals surface area contributed by atoms with Gasteiger partial charge in [-0.1, -0.05) is 11.3 Å². The molecule has 1 fully saturated rings. The molecule has 2 aromatic carbocycles. The summed E-state index contributed by atoms with van der Waals surface area (Å²) in [5.74, 6) is -0.582. The number of anilines is 1. The lowest BCUT2D eigenvalue weighted by Crippen LogP contribution is -2.43. The zero-order chi connectivity index (χ0) is 22.9. The van der Waals surface area contributed by atoms with Gasteiger partial charge in [0.25, 0.3) is 11.6 Å². The van der Waals surface area contributed by atoms with Crippen molar-refractivity contribution in [3.8, 4) is 0 Å². The summed E-state index contributed by atoms with van der Waals surface area (Å²) in [6.07, 6.45) is 0. The Kier molecular flexibility index (Phi) is 7.39. The fourth-order valence-electron chi connectivity index (χ4n) is 3.73. The third-order valence-electron chi connectivity index (χ3n) is 5.48.